The Labute approximate surface area is 158 Å². The van der Waals surface area contributed by atoms with Gasteiger partial charge in [0.1, 0.15) is 0 Å². The summed E-state index contributed by atoms with van der Waals surface area (Å²) in [7, 11) is 0. The fourth-order valence-corrected chi connectivity index (χ4v) is 4.73. The van der Waals surface area contributed by atoms with Crippen LogP contribution in [0.5, 0.6) is 0 Å². The van der Waals surface area contributed by atoms with E-state index in [1.165, 1.54) is 17.5 Å². The van der Waals surface area contributed by atoms with Crippen LogP contribution in [0.2, 0.25) is 0 Å². The highest BCUT2D eigenvalue weighted by Crippen LogP contribution is 2.42. The van der Waals surface area contributed by atoms with E-state index in [1.807, 2.05) is 0 Å². The predicted molar refractivity (Wildman–Crippen MR) is 105 cm³/mol. The summed E-state index contributed by atoms with van der Waals surface area (Å²) < 4.78 is 5.91. The average Bonchev–Trinajstić information content (AvgIpc) is 2.69. The molecule has 4 nitrogen and oxygen atoms in total. The average molecular weight is 359 g/mol. The first-order valence-corrected chi connectivity index (χ1v) is 10.3. The number of hydrogen-bond donors (Lipinski definition) is 1. The first-order chi connectivity index (χ1) is 12.7. The molecule has 0 bridgehead atoms. The van der Waals surface area contributed by atoms with Gasteiger partial charge in [0.05, 0.1) is 11.5 Å². The maximum absolute atomic E-state index is 13.7. The minimum Gasteiger partial charge on any atom is -0.378 e. The van der Waals surface area contributed by atoms with Gasteiger partial charge in [-0.1, -0.05) is 43.5 Å². The minimum atomic E-state index is -0.309. The number of rotatable bonds is 6. The van der Waals surface area contributed by atoms with Gasteiger partial charge in [-0.3, -0.25) is 4.79 Å². The third-order valence-corrected chi connectivity index (χ3v) is 6.21. The number of nitrogens with zero attached hydrogens (tertiary/aromatic N) is 1. The number of ether oxygens (including phenoxy) is 1. The van der Waals surface area contributed by atoms with E-state index in [-0.39, 0.29) is 11.5 Å². The zero-order valence-electron chi connectivity index (χ0n) is 16.2. The Morgan fingerprint density at radius 2 is 1.88 bits per heavy atom. The van der Waals surface area contributed by atoms with Crippen LogP contribution in [0.25, 0.3) is 0 Å². The largest absolute Gasteiger partial charge is 0.378 e. The van der Waals surface area contributed by atoms with Crippen LogP contribution >= 0.6 is 0 Å². The second-order valence-corrected chi connectivity index (χ2v) is 7.96. The van der Waals surface area contributed by atoms with Crippen LogP contribution in [0.4, 0.5) is 0 Å². The van der Waals surface area contributed by atoms with Crippen molar-refractivity contribution >= 4 is 5.91 Å². The van der Waals surface area contributed by atoms with Crippen molar-refractivity contribution in [3.05, 3.63) is 35.4 Å². The zero-order chi connectivity index (χ0) is 18.4. The van der Waals surface area contributed by atoms with Gasteiger partial charge in [0.15, 0.2) is 0 Å². The fraction of sp³-hybridized carbons (Fsp3) is 0.682. The molecule has 26 heavy (non-hydrogen) atoms. The van der Waals surface area contributed by atoms with Crippen molar-refractivity contribution in [3.63, 3.8) is 0 Å². The molecule has 0 radical (unpaired) electrons. The molecular formula is C22H34N2O2. The lowest BCUT2D eigenvalue weighted by atomic mass is 9.67. The molecule has 1 aliphatic carbocycles. The number of piperidine rings is 1. The van der Waals surface area contributed by atoms with Crippen molar-refractivity contribution in [1.29, 1.82) is 0 Å². The molecule has 3 rings (SSSR count). The van der Waals surface area contributed by atoms with Crippen molar-refractivity contribution in [2.75, 3.05) is 26.2 Å². The van der Waals surface area contributed by atoms with E-state index in [0.29, 0.717) is 12.5 Å². The molecule has 1 heterocycles. The summed E-state index contributed by atoms with van der Waals surface area (Å²) in [6, 6.07) is 8.49. The van der Waals surface area contributed by atoms with Crippen LogP contribution in [0, 0.1) is 6.92 Å². The third-order valence-electron chi connectivity index (χ3n) is 6.21. The normalized spacial score (nSPS) is 20.9. The van der Waals surface area contributed by atoms with E-state index in [4.69, 9.17) is 10.5 Å². The number of nitrogens with two attached hydrogens (primary N) is 1. The summed E-state index contributed by atoms with van der Waals surface area (Å²) in [6.07, 6.45) is 8.62. The Morgan fingerprint density at radius 3 is 2.54 bits per heavy atom. The number of carbonyl (C=O) groups excluding carboxylic acids is 1. The zero-order valence-corrected chi connectivity index (χ0v) is 16.2. The molecule has 1 saturated carbocycles. The predicted octanol–water partition coefficient (Wildman–Crippen LogP) is 3.55. The van der Waals surface area contributed by atoms with Crippen molar-refractivity contribution in [3.8, 4) is 0 Å². The number of amides is 1. The molecule has 4 heteroatoms. The van der Waals surface area contributed by atoms with E-state index >= 15 is 0 Å². The van der Waals surface area contributed by atoms with Crippen LogP contribution in [-0.4, -0.2) is 43.2 Å². The Morgan fingerprint density at radius 1 is 1.19 bits per heavy atom. The molecule has 0 aromatic heterocycles. The van der Waals surface area contributed by atoms with E-state index in [9.17, 15) is 4.79 Å². The van der Waals surface area contributed by atoms with E-state index in [0.717, 1.165) is 64.6 Å². The van der Waals surface area contributed by atoms with Crippen LogP contribution in [-0.2, 0) is 14.9 Å². The van der Waals surface area contributed by atoms with E-state index < -0.39 is 0 Å². The monoisotopic (exact) mass is 358 g/mol. The summed E-state index contributed by atoms with van der Waals surface area (Å²) in [5, 5.41) is 0. The number of carbonyl (C=O) groups is 1. The number of hydrogen-bond acceptors (Lipinski definition) is 3. The highest BCUT2D eigenvalue weighted by Gasteiger charge is 2.44. The van der Waals surface area contributed by atoms with Crippen LogP contribution in [0.15, 0.2) is 24.3 Å². The van der Waals surface area contributed by atoms with Gasteiger partial charge in [-0.2, -0.15) is 0 Å². The molecule has 144 valence electrons. The maximum Gasteiger partial charge on any atom is 0.233 e. The van der Waals surface area contributed by atoms with Gasteiger partial charge in [-0.05, 0) is 56.7 Å². The highest BCUT2D eigenvalue weighted by molar-refractivity contribution is 5.89. The van der Waals surface area contributed by atoms with Crippen molar-refractivity contribution in [1.82, 2.24) is 4.90 Å². The van der Waals surface area contributed by atoms with Crippen molar-refractivity contribution < 1.29 is 9.53 Å². The van der Waals surface area contributed by atoms with Gasteiger partial charge in [0.2, 0.25) is 5.91 Å². The summed E-state index contributed by atoms with van der Waals surface area (Å²) >= 11 is 0. The molecule has 1 aromatic rings. The van der Waals surface area contributed by atoms with Crippen molar-refractivity contribution in [2.45, 2.75) is 69.8 Å². The summed E-state index contributed by atoms with van der Waals surface area (Å²) in [5.74, 6) is 0.354. The molecule has 0 unspecified atom stereocenters. The van der Waals surface area contributed by atoms with E-state index in [1.54, 1.807) is 0 Å². The van der Waals surface area contributed by atoms with Crippen molar-refractivity contribution in [2.24, 2.45) is 5.73 Å². The van der Waals surface area contributed by atoms with Crippen LogP contribution in [0.1, 0.15) is 62.5 Å². The fourth-order valence-electron chi connectivity index (χ4n) is 4.73. The van der Waals surface area contributed by atoms with Crippen LogP contribution < -0.4 is 5.73 Å². The van der Waals surface area contributed by atoms with Gasteiger partial charge in [-0.15, -0.1) is 0 Å². The maximum atomic E-state index is 13.7. The first kappa shape index (κ1) is 19.4. The molecule has 2 fully saturated rings. The Balaban J connectivity index is 1.71. The molecule has 2 N–H and O–H groups in total. The molecule has 2 aliphatic rings. The van der Waals surface area contributed by atoms with Gasteiger partial charge in [0.25, 0.3) is 0 Å². The van der Waals surface area contributed by atoms with Gasteiger partial charge < -0.3 is 15.4 Å². The molecule has 1 saturated heterocycles. The molecule has 0 spiro atoms. The lowest BCUT2D eigenvalue weighted by Crippen LogP contribution is -2.51. The Kier molecular flexibility index (Phi) is 6.71. The quantitative estimate of drug-likeness (QED) is 0.791. The summed E-state index contributed by atoms with van der Waals surface area (Å²) in [5.41, 5.74) is 7.74. The smallest absolute Gasteiger partial charge is 0.233 e. The standard InChI is InChI=1S/C22H34N2O2/c1-18-8-3-4-9-20(18)22(12-5-2-6-13-22)21(25)24-15-10-19(11-16-24)26-17-7-14-23/h3-4,8-9,19H,2,5-7,10-17,23H2,1H3. The lowest BCUT2D eigenvalue weighted by molar-refractivity contribution is -0.141. The first-order valence-electron chi connectivity index (χ1n) is 10.3. The Hall–Kier alpha value is -1.39. The summed E-state index contributed by atoms with van der Waals surface area (Å²) in [6.45, 7) is 5.20. The third kappa shape index (κ3) is 4.12. The molecule has 1 aromatic carbocycles. The van der Waals surface area contributed by atoms with Crippen LogP contribution in [0.3, 0.4) is 0 Å². The van der Waals surface area contributed by atoms with Gasteiger partial charge in [0, 0.05) is 19.7 Å². The minimum absolute atomic E-state index is 0.284. The molecular weight excluding hydrogens is 324 g/mol. The number of likely N-dealkylation sites (tertiary alicyclic amines) is 1. The Bertz CT molecular complexity index is 588. The second kappa shape index (κ2) is 9.01. The lowest BCUT2D eigenvalue weighted by Gasteiger charge is -2.43. The van der Waals surface area contributed by atoms with Gasteiger partial charge >= 0.3 is 0 Å². The number of aryl methyl sites for hydroxylation is 1. The topological polar surface area (TPSA) is 55.6 Å². The van der Waals surface area contributed by atoms with E-state index in [2.05, 4.69) is 36.1 Å². The molecule has 1 aliphatic heterocycles. The van der Waals surface area contributed by atoms with Gasteiger partial charge in [-0.25, -0.2) is 0 Å². The molecule has 1 amide bonds. The summed E-state index contributed by atoms with van der Waals surface area (Å²) in [4.78, 5) is 15.8. The molecule has 0 atom stereocenters. The highest BCUT2D eigenvalue weighted by atomic mass is 16.5. The SMILES string of the molecule is Cc1ccccc1C1(C(=O)N2CCC(OCCCN)CC2)CCCCC1. The number of benzene rings is 1. The second-order valence-electron chi connectivity index (χ2n) is 7.96.